The highest BCUT2D eigenvalue weighted by Crippen LogP contribution is 2.24. The highest BCUT2D eigenvalue weighted by atomic mass is 16.2. The lowest BCUT2D eigenvalue weighted by molar-refractivity contribution is -0.121. The first kappa shape index (κ1) is 21.8. The van der Waals surface area contributed by atoms with Crippen LogP contribution in [0.2, 0.25) is 0 Å². The lowest BCUT2D eigenvalue weighted by Gasteiger charge is -2.19. The molecule has 0 saturated heterocycles. The molecule has 0 saturated carbocycles. The van der Waals surface area contributed by atoms with Crippen molar-refractivity contribution in [2.75, 3.05) is 32.7 Å². The molecular formula is C25H29N5O2. The van der Waals surface area contributed by atoms with E-state index in [2.05, 4.69) is 29.2 Å². The average molecular weight is 432 g/mol. The summed E-state index contributed by atoms with van der Waals surface area (Å²) < 4.78 is 1.99. The lowest BCUT2D eigenvalue weighted by atomic mass is 10.1. The van der Waals surface area contributed by atoms with Gasteiger partial charge < -0.3 is 14.8 Å². The van der Waals surface area contributed by atoms with Gasteiger partial charge in [-0.25, -0.2) is 5.01 Å². The van der Waals surface area contributed by atoms with Crippen molar-refractivity contribution < 1.29 is 9.59 Å². The number of likely N-dealkylation sites (N-methyl/N-ethyl adjacent to an activating group) is 1. The van der Waals surface area contributed by atoms with E-state index in [1.165, 1.54) is 5.01 Å². The third-order valence-corrected chi connectivity index (χ3v) is 5.86. The van der Waals surface area contributed by atoms with Gasteiger partial charge in [-0.15, -0.1) is 0 Å². The molecule has 1 aliphatic heterocycles. The molecule has 0 radical (unpaired) electrons. The highest BCUT2D eigenvalue weighted by molar-refractivity contribution is 6.07. The molecule has 166 valence electrons. The fourth-order valence-corrected chi connectivity index (χ4v) is 4.03. The first-order chi connectivity index (χ1) is 15.6. The van der Waals surface area contributed by atoms with Gasteiger partial charge in [0.1, 0.15) is 12.2 Å². The number of amides is 2. The molecule has 0 unspecified atom stereocenters. The second-order valence-corrected chi connectivity index (χ2v) is 7.83. The average Bonchev–Trinajstić information content (AvgIpc) is 3.13. The number of nitrogens with one attached hydrogen (secondary N) is 1. The van der Waals surface area contributed by atoms with Crippen molar-refractivity contribution in [2.45, 2.75) is 20.4 Å². The molecule has 2 amide bonds. The largest absolute Gasteiger partial charge is 0.353 e. The van der Waals surface area contributed by atoms with Crippen LogP contribution in [-0.2, 0) is 11.3 Å². The van der Waals surface area contributed by atoms with Crippen LogP contribution in [0.1, 0.15) is 29.9 Å². The van der Waals surface area contributed by atoms with Crippen molar-refractivity contribution in [2.24, 2.45) is 5.10 Å². The fraction of sp³-hybridized carbons (Fsp3) is 0.320. The molecule has 1 N–H and O–H groups in total. The van der Waals surface area contributed by atoms with Gasteiger partial charge in [0.2, 0.25) is 5.91 Å². The molecule has 1 aromatic heterocycles. The molecule has 1 aliphatic rings. The van der Waals surface area contributed by atoms with Gasteiger partial charge in [-0.05, 0) is 30.8 Å². The number of nitrogens with zero attached hydrogens (tertiary/aromatic N) is 4. The Labute approximate surface area is 188 Å². The minimum Gasteiger partial charge on any atom is -0.353 e. The summed E-state index contributed by atoms with van der Waals surface area (Å²) in [5.41, 5.74) is 3.19. The monoisotopic (exact) mass is 431 g/mol. The topological polar surface area (TPSA) is 69.9 Å². The smallest absolute Gasteiger partial charge is 0.291 e. The zero-order valence-electron chi connectivity index (χ0n) is 18.6. The van der Waals surface area contributed by atoms with Crippen molar-refractivity contribution in [3.05, 3.63) is 71.9 Å². The van der Waals surface area contributed by atoms with Crippen LogP contribution in [-0.4, -0.2) is 64.7 Å². The van der Waals surface area contributed by atoms with Gasteiger partial charge in [-0.2, -0.15) is 5.10 Å². The first-order valence-corrected chi connectivity index (χ1v) is 11.1. The van der Waals surface area contributed by atoms with E-state index in [1.54, 1.807) is 0 Å². The normalized spacial score (nSPS) is 13.8. The van der Waals surface area contributed by atoms with Crippen LogP contribution in [0.15, 0.2) is 65.8 Å². The van der Waals surface area contributed by atoms with E-state index < -0.39 is 0 Å². The molecule has 0 spiro atoms. The molecule has 4 rings (SSSR count). The number of fused-ring (bicyclic) bond motifs is 3. The highest BCUT2D eigenvalue weighted by Gasteiger charge is 2.27. The van der Waals surface area contributed by atoms with Crippen LogP contribution in [0.25, 0.3) is 10.9 Å². The second kappa shape index (κ2) is 9.78. The number of rotatable bonds is 8. The maximum absolute atomic E-state index is 13.4. The number of aromatic nitrogens is 1. The van der Waals surface area contributed by atoms with E-state index >= 15 is 0 Å². The fourth-order valence-electron chi connectivity index (χ4n) is 4.03. The Morgan fingerprint density at radius 1 is 1.06 bits per heavy atom. The number of hydrogen-bond acceptors (Lipinski definition) is 4. The van der Waals surface area contributed by atoms with Crippen LogP contribution < -0.4 is 5.32 Å². The molecule has 3 aromatic rings. The predicted octanol–water partition coefficient (Wildman–Crippen LogP) is 2.96. The Kier molecular flexibility index (Phi) is 6.66. The molecule has 0 atom stereocenters. The first-order valence-electron chi connectivity index (χ1n) is 11.1. The summed E-state index contributed by atoms with van der Waals surface area (Å²) >= 11 is 0. The molecule has 0 aliphatic carbocycles. The molecular weight excluding hydrogens is 402 g/mol. The molecule has 32 heavy (non-hydrogen) atoms. The van der Waals surface area contributed by atoms with Gasteiger partial charge >= 0.3 is 0 Å². The van der Waals surface area contributed by atoms with Crippen LogP contribution in [0.3, 0.4) is 0 Å². The number of para-hydroxylation sites is 1. The zero-order chi connectivity index (χ0) is 22.5. The van der Waals surface area contributed by atoms with Crippen molar-refractivity contribution in [3.63, 3.8) is 0 Å². The molecule has 2 heterocycles. The van der Waals surface area contributed by atoms with Crippen LogP contribution in [0.4, 0.5) is 0 Å². The van der Waals surface area contributed by atoms with Gasteiger partial charge in [0.25, 0.3) is 5.91 Å². The molecule has 7 nitrogen and oxygen atoms in total. The number of hydrogen-bond donors (Lipinski definition) is 1. The van der Waals surface area contributed by atoms with Gasteiger partial charge in [0.05, 0.1) is 12.3 Å². The van der Waals surface area contributed by atoms with Crippen molar-refractivity contribution >= 4 is 28.4 Å². The minimum absolute atomic E-state index is 0.116. The standard InChI is InChI=1S/C25H29N5O2/c1-3-28(4-2)15-14-26-24(31)18-30-25(32)23-16-20-12-8-9-13-22(20)29(23)17-21(27-30)19-10-6-5-7-11-19/h5-13,16H,3-4,14-15,17-18H2,1-2H3,(H,26,31). The quantitative estimate of drug-likeness (QED) is 0.596. The Morgan fingerprint density at radius 2 is 1.78 bits per heavy atom. The van der Waals surface area contributed by atoms with E-state index in [0.29, 0.717) is 18.8 Å². The maximum Gasteiger partial charge on any atom is 0.291 e. The molecule has 7 heteroatoms. The molecule has 0 fully saturated rings. The second-order valence-electron chi connectivity index (χ2n) is 7.83. The van der Waals surface area contributed by atoms with Gasteiger partial charge in [-0.1, -0.05) is 62.4 Å². The summed E-state index contributed by atoms with van der Waals surface area (Å²) in [6, 6.07) is 19.6. The van der Waals surface area contributed by atoms with E-state index in [4.69, 9.17) is 0 Å². The van der Waals surface area contributed by atoms with E-state index in [0.717, 1.165) is 41.8 Å². The number of benzene rings is 2. The number of carbonyl (C=O) groups excluding carboxylic acids is 2. The zero-order valence-corrected chi connectivity index (χ0v) is 18.6. The van der Waals surface area contributed by atoms with Gasteiger partial charge in [0, 0.05) is 24.0 Å². The Morgan fingerprint density at radius 3 is 2.53 bits per heavy atom. The summed E-state index contributed by atoms with van der Waals surface area (Å²) in [7, 11) is 0. The van der Waals surface area contributed by atoms with Crippen LogP contribution in [0.5, 0.6) is 0 Å². The Bertz CT molecular complexity index is 1130. The third-order valence-electron chi connectivity index (χ3n) is 5.86. The van der Waals surface area contributed by atoms with Crippen LogP contribution in [0, 0.1) is 0 Å². The summed E-state index contributed by atoms with van der Waals surface area (Å²) in [4.78, 5) is 28.3. The van der Waals surface area contributed by atoms with Crippen molar-refractivity contribution in [1.82, 2.24) is 19.8 Å². The van der Waals surface area contributed by atoms with Gasteiger partial charge in [0.15, 0.2) is 0 Å². The molecule has 0 bridgehead atoms. The predicted molar refractivity (Wildman–Crippen MR) is 127 cm³/mol. The summed E-state index contributed by atoms with van der Waals surface area (Å²) in [6.45, 7) is 7.73. The van der Waals surface area contributed by atoms with Crippen molar-refractivity contribution in [1.29, 1.82) is 0 Å². The SMILES string of the molecule is CCN(CC)CCNC(=O)CN1N=C(c2ccccc2)Cn2c(cc3ccccc32)C1=O. The van der Waals surface area contributed by atoms with E-state index in [9.17, 15) is 9.59 Å². The Hall–Kier alpha value is -3.45. The van der Waals surface area contributed by atoms with Crippen molar-refractivity contribution in [3.8, 4) is 0 Å². The molecule has 2 aromatic carbocycles. The summed E-state index contributed by atoms with van der Waals surface area (Å²) in [5, 5.41) is 9.86. The minimum atomic E-state index is -0.272. The lowest BCUT2D eigenvalue weighted by Crippen LogP contribution is -2.41. The van der Waals surface area contributed by atoms with E-state index in [1.807, 2.05) is 65.2 Å². The third kappa shape index (κ3) is 4.57. The summed E-state index contributed by atoms with van der Waals surface area (Å²) in [5.74, 6) is -0.489. The van der Waals surface area contributed by atoms with Crippen LogP contribution >= 0.6 is 0 Å². The van der Waals surface area contributed by atoms with Gasteiger partial charge in [-0.3, -0.25) is 9.59 Å². The number of hydrazone groups is 1. The van der Waals surface area contributed by atoms with E-state index in [-0.39, 0.29) is 18.4 Å². The Balaban J connectivity index is 1.61. The summed E-state index contributed by atoms with van der Waals surface area (Å²) in [6.07, 6.45) is 0. The number of carbonyl (C=O) groups is 2. The maximum atomic E-state index is 13.4.